The van der Waals surface area contributed by atoms with Crippen LogP contribution in [-0.4, -0.2) is 36.9 Å². The lowest BCUT2D eigenvalue weighted by atomic mass is 10.2. The van der Waals surface area contributed by atoms with Crippen molar-refractivity contribution < 1.29 is 17.6 Å². The Kier molecular flexibility index (Phi) is 4.16. The summed E-state index contributed by atoms with van der Waals surface area (Å²) in [5, 5.41) is 2.77. The van der Waals surface area contributed by atoms with Gasteiger partial charge in [-0.15, -0.1) is 0 Å². The van der Waals surface area contributed by atoms with E-state index in [9.17, 15) is 17.6 Å². The van der Waals surface area contributed by atoms with E-state index in [1.54, 1.807) is 0 Å². The van der Waals surface area contributed by atoms with Crippen molar-refractivity contribution >= 4 is 11.9 Å². The van der Waals surface area contributed by atoms with E-state index in [2.05, 4.69) is 30.2 Å². The van der Waals surface area contributed by atoms with Crippen LogP contribution in [0.2, 0.25) is 0 Å². The molecule has 0 aromatic carbocycles. The smallest absolute Gasteiger partial charge is 0.281 e. The van der Waals surface area contributed by atoms with Gasteiger partial charge in [0, 0.05) is 18.9 Å². The molecule has 2 aromatic rings. The van der Waals surface area contributed by atoms with Gasteiger partial charge in [-0.3, -0.25) is 4.98 Å². The molecule has 0 spiro atoms. The summed E-state index contributed by atoms with van der Waals surface area (Å²) >= 11 is 0. The standard InChI is InChI=1S/C13H13F4N7/c14-9(15)7-4-19-5-8(21-7)10-22-11(18)24-12(23-10)20-6-1-2-13(16,17)3-6/h4-6,9H,1-3H2,(H3,18,20,22,23,24). The largest absolute Gasteiger partial charge is 0.368 e. The monoisotopic (exact) mass is 343 g/mol. The van der Waals surface area contributed by atoms with E-state index < -0.39 is 24.1 Å². The fraction of sp³-hybridized carbons (Fsp3) is 0.462. The summed E-state index contributed by atoms with van der Waals surface area (Å²) in [7, 11) is 0. The first-order valence-corrected chi connectivity index (χ1v) is 7.09. The molecule has 7 nitrogen and oxygen atoms in total. The average molecular weight is 343 g/mol. The van der Waals surface area contributed by atoms with Gasteiger partial charge in [0.1, 0.15) is 11.4 Å². The van der Waals surface area contributed by atoms with Crippen LogP contribution in [0.4, 0.5) is 29.5 Å². The van der Waals surface area contributed by atoms with E-state index in [-0.39, 0.29) is 42.7 Å². The van der Waals surface area contributed by atoms with Crippen LogP contribution in [0.15, 0.2) is 12.4 Å². The number of nitrogens with zero attached hydrogens (tertiary/aromatic N) is 5. The molecule has 2 aromatic heterocycles. The fourth-order valence-electron chi connectivity index (χ4n) is 2.42. The van der Waals surface area contributed by atoms with Gasteiger partial charge in [0.05, 0.1) is 12.4 Å². The summed E-state index contributed by atoms with van der Waals surface area (Å²) in [6.45, 7) is 0. The number of alkyl halides is 4. The number of anilines is 2. The van der Waals surface area contributed by atoms with Gasteiger partial charge in [-0.05, 0) is 6.42 Å². The van der Waals surface area contributed by atoms with Crippen LogP contribution < -0.4 is 11.1 Å². The predicted molar refractivity (Wildman–Crippen MR) is 76.4 cm³/mol. The minimum absolute atomic E-state index is 0.00977. The Morgan fingerprint density at radius 2 is 1.96 bits per heavy atom. The minimum Gasteiger partial charge on any atom is -0.368 e. The molecule has 3 rings (SSSR count). The number of hydrogen-bond acceptors (Lipinski definition) is 7. The summed E-state index contributed by atoms with van der Waals surface area (Å²) in [6, 6.07) is -0.506. The van der Waals surface area contributed by atoms with E-state index in [1.165, 1.54) is 6.20 Å². The molecule has 0 aliphatic heterocycles. The number of hydrogen-bond donors (Lipinski definition) is 2. The molecular formula is C13H13F4N7. The molecule has 3 N–H and O–H groups in total. The lowest BCUT2D eigenvalue weighted by molar-refractivity contribution is 0.00851. The SMILES string of the molecule is Nc1nc(NC2CCC(F)(F)C2)nc(-c2cncc(C(F)F)n2)n1. The maximum Gasteiger partial charge on any atom is 0.281 e. The Balaban J connectivity index is 1.85. The van der Waals surface area contributed by atoms with Crippen LogP contribution >= 0.6 is 0 Å². The minimum atomic E-state index is -2.80. The van der Waals surface area contributed by atoms with Crippen LogP contribution in [0.25, 0.3) is 11.5 Å². The van der Waals surface area contributed by atoms with Crippen molar-refractivity contribution in [3.8, 4) is 11.5 Å². The molecule has 1 saturated carbocycles. The van der Waals surface area contributed by atoms with E-state index >= 15 is 0 Å². The van der Waals surface area contributed by atoms with Crippen LogP contribution in [0.1, 0.15) is 31.4 Å². The Morgan fingerprint density at radius 1 is 1.17 bits per heavy atom. The van der Waals surface area contributed by atoms with Crippen molar-refractivity contribution in [3.05, 3.63) is 18.1 Å². The zero-order valence-electron chi connectivity index (χ0n) is 12.3. The maximum atomic E-state index is 13.2. The van der Waals surface area contributed by atoms with Crippen LogP contribution in [0, 0.1) is 0 Å². The molecule has 0 bridgehead atoms. The highest BCUT2D eigenvalue weighted by Crippen LogP contribution is 2.36. The topological polar surface area (TPSA) is 102 Å². The van der Waals surface area contributed by atoms with Crippen LogP contribution in [-0.2, 0) is 0 Å². The third-order valence-electron chi connectivity index (χ3n) is 3.50. The number of nitrogen functional groups attached to an aromatic ring is 1. The molecule has 11 heteroatoms. The Morgan fingerprint density at radius 3 is 2.62 bits per heavy atom. The highest BCUT2D eigenvalue weighted by atomic mass is 19.3. The first-order valence-electron chi connectivity index (χ1n) is 7.09. The van der Waals surface area contributed by atoms with Gasteiger partial charge in [0.15, 0.2) is 5.82 Å². The van der Waals surface area contributed by atoms with Gasteiger partial charge in [0.25, 0.3) is 6.43 Å². The highest BCUT2D eigenvalue weighted by Gasteiger charge is 2.39. The van der Waals surface area contributed by atoms with Crippen LogP contribution in [0.3, 0.4) is 0 Å². The summed E-state index contributed by atoms with van der Waals surface area (Å²) in [5.41, 5.74) is 5.03. The molecule has 0 saturated heterocycles. The molecule has 1 aliphatic carbocycles. The van der Waals surface area contributed by atoms with Gasteiger partial charge in [-0.25, -0.2) is 22.5 Å². The first-order chi connectivity index (χ1) is 11.3. The Hall–Kier alpha value is -2.59. The predicted octanol–water partition coefficient (Wildman–Crippen LogP) is 2.45. The Labute approximate surface area is 133 Å². The van der Waals surface area contributed by atoms with Gasteiger partial charge in [-0.2, -0.15) is 15.0 Å². The quantitative estimate of drug-likeness (QED) is 0.822. The molecular weight excluding hydrogens is 330 g/mol. The van der Waals surface area contributed by atoms with Gasteiger partial charge in [0.2, 0.25) is 17.8 Å². The van der Waals surface area contributed by atoms with Gasteiger partial charge < -0.3 is 11.1 Å². The second kappa shape index (κ2) is 6.13. The Bertz CT molecular complexity index is 740. The molecule has 1 atom stereocenters. The number of rotatable bonds is 4. The van der Waals surface area contributed by atoms with Gasteiger partial charge in [-0.1, -0.05) is 0 Å². The summed E-state index contributed by atoms with van der Waals surface area (Å²) in [4.78, 5) is 19.0. The number of nitrogens with two attached hydrogens (primary N) is 1. The van der Waals surface area contributed by atoms with Crippen molar-refractivity contribution in [2.24, 2.45) is 0 Å². The number of aromatic nitrogens is 5. The second-order valence-electron chi connectivity index (χ2n) is 5.41. The third kappa shape index (κ3) is 3.66. The van der Waals surface area contributed by atoms with E-state index in [1.807, 2.05) is 0 Å². The van der Waals surface area contributed by atoms with E-state index in [0.29, 0.717) is 0 Å². The van der Waals surface area contributed by atoms with Crippen molar-refractivity contribution in [2.75, 3.05) is 11.1 Å². The van der Waals surface area contributed by atoms with Crippen molar-refractivity contribution in [1.82, 2.24) is 24.9 Å². The zero-order chi connectivity index (χ0) is 17.3. The first kappa shape index (κ1) is 16.3. The lowest BCUT2D eigenvalue weighted by Crippen LogP contribution is -2.21. The molecule has 128 valence electrons. The van der Waals surface area contributed by atoms with Crippen molar-refractivity contribution in [2.45, 2.75) is 37.7 Å². The molecule has 1 aliphatic rings. The molecule has 1 fully saturated rings. The normalized spacial score (nSPS) is 19.6. The highest BCUT2D eigenvalue weighted by molar-refractivity contribution is 5.52. The average Bonchev–Trinajstić information content (AvgIpc) is 2.85. The molecule has 0 amide bonds. The molecule has 1 unspecified atom stereocenters. The lowest BCUT2D eigenvalue weighted by Gasteiger charge is -2.13. The molecule has 0 radical (unpaired) electrons. The number of nitrogens with one attached hydrogen (secondary N) is 1. The van der Waals surface area contributed by atoms with Gasteiger partial charge >= 0.3 is 0 Å². The van der Waals surface area contributed by atoms with Crippen LogP contribution in [0.5, 0.6) is 0 Å². The maximum absolute atomic E-state index is 13.2. The summed E-state index contributed by atoms with van der Waals surface area (Å²) in [6.07, 6.45) is -0.967. The summed E-state index contributed by atoms with van der Waals surface area (Å²) in [5.74, 6) is -2.98. The summed E-state index contributed by atoms with van der Waals surface area (Å²) < 4.78 is 51.9. The number of halogens is 4. The van der Waals surface area contributed by atoms with E-state index in [4.69, 9.17) is 5.73 Å². The molecule has 24 heavy (non-hydrogen) atoms. The van der Waals surface area contributed by atoms with Crippen molar-refractivity contribution in [3.63, 3.8) is 0 Å². The van der Waals surface area contributed by atoms with Crippen molar-refractivity contribution in [1.29, 1.82) is 0 Å². The molecule has 2 heterocycles. The fourth-order valence-corrected chi connectivity index (χ4v) is 2.42. The zero-order valence-corrected chi connectivity index (χ0v) is 12.3. The third-order valence-corrected chi connectivity index (χ3v) is 3.50. The second-order valence-corrected chi connectivity index (χ2v) is 5.41. The van der Waals surface area contributed by atoms with E-state index in [0.717, 1.165) is 6.20 Å².